The smallest absolute Gasteiger partial charge is 0.409 e. The van der Waals surface area contributed by atoms with Crippen molar-refractivity contribution in [2.75, 3.05) is 33.9 Å². The van der Waals surface area contributed by atoms with Crippen LogP contribution in [0.4, 0.5) is 4.79 Å². The van der Waals surface area contributed by atoms with Gasteiger partial charge in [-0.2, -0.15) is 0 Å². The summed E-state index contributed by atoms with van der Waals surface area (Å²) in [5, 5.41) is 0. The Hall–Kier alpha value is -2.31. The van der Waals surface area contributed by atoms with Crippen LogP contribution in [0.15, 0.2) is 25.3 Å². The van der Waals surface area contributed by atoms with E-state index in [0.29, 0.717) is 0 Å². The van der Waals surface area contributed by atoms with Crippen LogP contribution in [0.5, 0.6) is 0 Å². The summed E-state index contributed by atoms with van der Waals surface area (Å²) in [7, 11) is 3.07. The SMILES string of the molecule is C=CC(=O)OCC(C)(COC(=O)C=C)COC(=O)N(C)C. The Labute approximate surface area is 124 Å². The van der Waals surface area contributed by atoms with Crippen molar-refractivity contribution in [3.63, 3.8) is 0 Å². The van der Waals surface area contributed by atoms with Gasteiger partial charge in [0.2, 0.25) is 0 Å². The van der Waals surface area contributed by atoms with Crippen molar-refractivity contribution in [3.8, 4) is 0 Å². The number of esters is 2. The number of carbonyl (C=O) groups is 3. The lowest BCUT2D eigenvalue weighted by Gasteiger charge is -2.28. The van der Waals surface area contributed by atoms with E-state index < -0.39 is 23.4 Å². The molecule has 1 amide bonds. The van der Waals surface area contributed by atoms with Crippen molar-refractivity contribution in [1.29, 1.82) is 0 Å². The zero-order chi connectivity index (χ0) is 16.5. The van der Waals surface area contributed by atoms with Crippen LogP contribution >= 0.6 is 0 Å². The minimum atomic E-state index is -0.872. The molecule has 0 unspecified atom stereocenters. The van der Waals surface area contributed by atoms with Gasteiger partial charge in [-0.3, -0.25) is 0 Å². The molecule has 0 fully saturated rings. The van der Waals surface area contributed by atoms with Gasteiger partial charge < -0.3 is 19.1 Å². The number of rotatable bonds is 8. The van der Waals surface area contributed by atoms with Crippen LogP contribution in [-0.2, 0) is 23.8 Å². The predicted molar refractivity (Wildman–Crippen MR) is 75.5 cm³/mol. The van der Waals surface area contributed by atoms with Crippen molar-refractivity contribution < 1.29 is 28.6 Å². The van der Waals surface area contributed by atoms with E-state index in [4.69, 9.17) is 14.2 Å². The summed E-state index contributed by atoms with van der Waals surface area (Å²) < 4.78 is 14.9. The quantitative estimate of drug-likeness (QED) is 0.380. The van der Waals surface area contributed by atoms with Gasteiger partial charge >= 0.3 is 18.0 Å². The number of ether oxygens (including phenoxy) is 3. The van der Waals surface area contributed by atoms with Gasteiger partial charge in [-0.1, -0.05) is 13.2 Å². The van der Waals surface area contributed by atoms with Crippen molar-refractivity contribution >= 4 is 18.0 Å². The molecule has 0 aromatic rings. The molecule has 0 aromatic carbocycles. The highest BCUT2D eigenvalue weighted by Crippen LogP contribution is 2.19. The van der Waals surface area contributed by atoms with Gasteiger partial charge in [0, 0.05) is 26.2 Å². The fraction of sp³-hybridized carbons (Fsp3) is 0.500. The summed E-state index contributed by atoms with van der Waals surface area (Å²) in [5.74, 6) is -1.23. The molecule has 0 aliphatic rings. The Bertz CT molecular complexity index is 392. The third kappa shape index (κ3) is 7.76. The number of hydrogen-bond acceptors (Lipinski definition) is 6. The molecule has 21 heavy (non-hydrogen) atoms. The largest absolute Gasteiger partial charge is 0.462 e. The first kappa shape index (κ1) is 18.7. The Kier molecular flexibility index (Phi) is 7.81. The van der Waals surface area contributed by atoms with Crippen LogP contribution in [0.25, 0.3) is 0 Å². The standard InChI is InChI=1S/C14H21NO6/c1-6-11(16)19-8-14(3,9-20-12(17)7-2)10-21-13(18)15(4)5/h6-7H,1-2,8-10H2,3-5H3. The zero-order valence-electron chi connectivity index (χ0n) is 12.6. The predicted octanol–water partition coefficient (Wildman–Crippen LogP) is 1.15. The molecule has 0 heterocycles. The minimum absolute atomic E-state index is 0.0845. The van der Waals surface area contributed by atoms with Crippen LogP contribution in [0.1, 0.15) is 6.92 Å². The zero-order valence-corrected chi connectivity index (χ0v) is 12.6. The van der Waals surface area contributed by atoms with Crippen LogP contribution in [0.2, 0.25) is 0 Å². The van der Waals surface area contributed by atoms with Crippen LogP contribution in [0, 0.1) is 5.41 Å². The fourth-order valence-corrected chi connectivity index (χ4v) is 1.10. The first-order chi connectivity index (χ1) is 9.74. The molecule has 0 saturated carbocycles. The van der Waals surface area contributed by atoms with Crippen LogP contribution < -0.4 is 0 Å². The highest BCUT2D eigenvalue weighted by molar-refractivity contribution is 5.81. The summed E-state index contributed by atoms with van der Waals surface area (Å²) in [6.45, 7) is 7.94. The van der Waals surface area contributed by atoms with Crippen LogP contribution in [-0.4, -0.2) is 56.8 Å². The molecule has 0 radical (unpaired) electrons. The molecule has 0 aromatic heterocycles. The Balaban J connectivity index is 4.67. The molecule has 7 nitrogen and oxygen atoms in total. The Morgan fingerprint density at radius 2 is 1.33 bits per heavy atom. The van der Waals surface area contributed by atoms with Crippen molar-refractivity contribution in [1.82, 2.24) is 4.90 Å². The second-order valence-corrected chi connectivity index (χ2v) is 4.88. The van der Waals surface area contributed by atoms with E-state index in [2.05, 4.69) is 13.2 Å². The van der Waals surface area contributed by atoms with E-state index in [0.717, 1.165) is 12.2 Å². The number of carbonyl (C=O) groups excluding carboxylic acids is 3. The molecule has 0 aliphatic carbocycles. The molecule has 0 aliphatic heterocycles. The number of hydrogen-bond donors (Lipinski definition) is 0. The first-order valence-electron chi connectivity index (χ1n) is 6.16. The number of nitrogens with zero attached hydrogens (tertiary/aromatic N) is 1. The maximum Gasteiger partial charge on any atom is 0.409 e. The Morgan fingerprint density at radius 1 is 0.952 bits per heavy atom. The lowest BCUT2D eigenvalue weighted by atomic mass is 9.94. The fourth-order valence-electron chi connectivity index (χ4n) is 1.10. The van der Waals surface area contributed by atoms with Gasteiger partial charge in [-0.15, -0.1) is 0 Å². The van der Waals surface area contributed by atoms with Crippen molar-refractivity contribution in [2.24, 2.45) is 5.41 Å². The van der Waals surface area contributed by atoms with Gasteiger partial charge in [0.15, 0.2) is 0 Å². The average Bonchev–Trinajstić information content (AvgIpc) is 2.47. The summed E-state index contributed by atoms with van der Waals surface area (Å²) in [5.41, 5.74) is -0.872. The topological polar surface area (TPSA) is 82.1 Å². The van der Waals surface area contributed by atoms with Gasteiger partial charge in [0.1, 0.15) is 19.8 Å². The molecular formula is C14H21NO6. The molecule has 0 saturated heterocycles. The lowest BCUT2D eigenvalue weighted by Crippen LogP contribution is -2.38. The highest BCUT2D eigenvalue weighted by Gasteiger charge is 2.30. The van der Waals surface area contributed by atoms with Gasteiger partial charge in [-0.05, 0) is 6.92 Å². The molecule has 0 N–H and O–H groups in total. The van der Waals surface area contributed by atoms with Gasteiger partial charge in [0.05, 0.1) is 5.41 Å². The minimum Gasteiger partial charge on any atom is -0.462 e. The molecule has 118 valence electrons. The third-order valence-corrected chi connectivity index (χ3v) is 2.37. The molecule has 7 heteroatoms. The van der Waals surface area contributed by atoms with E-state index in [1.165, 1.54) is 19.0 Å². The average molecular weight is 299 g/mol. The van der Waals surface area contributed by atoms with E-state index in [-0.39, 0.29) is 19.8 Å². The summed E-state index contributed by atoms with van der Waals surface area (Å²) in [4.78, 5) is 34.9. The highest BCUT2D eigenvalue weighted by atomic mass is 16.6. The van der Waals surface area contributed by atoms with Gasteiger partial charge in [-0.25, -0.2) is 14.4 Å². The Morgan fingerprint density at radius 3 is 1.67 bits per heavy atom. The third-order valence-electron chi connectivity index (χ3n) is 2.37. The molecular weight excluding hydrogens is 278 g/mol. The monoisotopic (exact) mass is 299 g/mol. The van der Waals surface area contributed by atoms with E-state index in [1.54, 1.807) is 6.92 Å². The molecule has 0 bridgehead atoms. The normalized spacial score (nSPS) is 10.2. The van der Waals surface area contributed by atoms with Crippen LogP contribution in [0.3, 0.4) is 0 Å². The maximum atomic E-state index is 11.4. The van der Waals surface area contributed by atoms with Crippen molar-refractivity contribution in [3.05, 3.63) is 25.3 Å². The number of amides is 1. The molecule has 0 rings (SSSR count). The second kappa shape index (κ2) is 8.78. The van der Waals surface area contributed by atoms with Gasteiger partial charge in [0.25, 0.3) is 0 Å². The lowest BCUT2D eigenvalue weighted by molar-refractivity contribution is -0.149. The first-order valence-corrected chi connectivity index (χ1v) is 6.16. The van der Waals surface area contributed by atoms with E-state index in [1.807, 2.05) is 0 Å². The van der Waals surface area contributed by atoms with E-state index >= 15 is 0 Å². The maximum absolute atomic E-state index is 11.4. The molecule has 0 atom stereocenters. The summed E-state index contributed by atoms with van der Waals surface area (Å²) in [6, 6.07) is 0. The summed E-state index contributed by atoms with van der Waals surface area (Å²) in [6.07, 6.45) is 1.48. The van der Waals surface area contributed by atoms with Crippen molar-refractivity contribution in [2.45, 2.75) is 6.92 Å². The summed E-state index contributed by atoms with van der Waals surface area (Å²) >= 11 is 0. The van der Waals surface area contributed by atoms with E-state index in [9.17, 15) is 14.4 Å². The molecule has 0 spiro atoms. The second-order valence-electron chi connectivity index (χ2n) is 4.88.